The van der Waals surface area contributed by atoms with Gasteiger partial charge in [-0.2, -0.15) is 0 Å². The first-order valence-electron chi connectivity index (χ1n) is 8.53. The summed E-state index contributed by atoms with van der Waals surface area (Å²) in [5, 5.41) is -0.438. The van der Waals surface area contributed by atoms with Gasteiger partial charge in [0.15, 0.2) is 0 Å². The van der Waals surface area contributed by atoms with Crippen LogP contribution in [0.2, 0.25) is 0 Å². The molecule has 0 radical (unpaired) electrons. The number of amides is 3. The zero-order valence-corrected chi connectivity index (χ0v) is 15.6. The molecule has 2 fully saturated rings. The molecule has 1 aromatic rings. The Morgan fingerprint density at radius 3 is 2.81 bits per heavy atom. The Morgan fingerprint density at radius 1 is 1.30 bits per heavy atom. The Bertz CT molecular complexity index is 786. The fraction of sp³-hybridized carbons (Fsp3) is 0.316. The van der Waals surface area contributed by atoms with E-state index in [0.29, 0.717) is 38.7 Å². The molecule has 0 aromatic heterocycles. The molecule has 0 N–H and O–H groups in total. The molecule has 2 aliphatic rings. The molecule has 2 saturated heterocycles. The van der Waals surface area contributed by atoms with Gasteiger partial charge in [-0.1, -0.05) is 24.8 Å². The van der Waals surface area contributed by atoms with Crippen molar-refractivity contribution in [2.24, 2.45) is 0 Å². The summed E-state index contributed by atoms with van der Waals surface area (Å²) in [6.07, 6.45) is 3.27. The van der Waals surface area contributed by atoms with Crippen LogP contribution in [0.1, 0.15) is 5.56 Å². The van der Waals surface area contributed by atoms with Crippen LogP contribution < -0.4 is 4.74 Å². The number of imide groups is 1. The van der Waals surface area contributed by atoms with Gasteiger partial charge in [-0.3, -0.25) is 19.3 Å². The Hall–Kier alpha value is -2.58. The first-order valence-corrected chi connectivity index (χ1v) is 9.35. The van der Waals surface area contributed by atoms with Gasteiger partial charge in [0.1, 0.15) is 18.9 Å². The van der Waals surface area contributed by atoms with Gasteiger partial charge in [0.05, 0.1) is 18.1 Å². The van der Waals surface area contributed by atoms with E-state index in [9.17, 15) is 14.4 Å². The van der Waals surface area contributed by atoms with Crippen molar-refractivity contribution in [3.05, 3.63) is 47.4 Å². The van der Waals surface area contributed by atoms with Crippen molar-refractivity contribution in [2.45, 2.75) is 0 Å². The number of carbonyl (C=O) groups excluding carboxylic acids is 3. The molecule has 0 spiro atoms. The molecule has 0 bridgehead atoms. The van der Waals surface area contributed by atoms with E-state index >= 15 is 0 Å². The number of thioether (sulfide) groups is 1. The average Bonchev–Trinajstić information content (AvgIpc) is 2.94. The predicted molar refractivity (Wildman–Crippen MR) is 102 cm³/mol. The summed E-state index contributed by atoms with van der Waals surface area (Å²) < 4.78 is 10.7. The largest absolute Gasteiger partial charge is 0.490 e. The molecular formula is C19H20N2O5S. The number of nitrogens with zero attached hydrogens (tertiary/aromatic N) is 2. The highest BCUT2D eigenvalue weighted by Crippen LogP contribution is 2.32. The van der Waals surface area contributed by atoms with Crippen LogP contribution in [-0.4, -0.2) is 66.3 Å². The minimum absolute atomic E-state index is 0.246. The third kappa shape index (κ3) is 4.78. The lowest BCUT2D eigenvalue weighted by Crippen LogP contribution is -2.46. The van der Waals surface area contributed by atoms with Gasteiger partial charge in [-0.25, -0.2) is 0 Å². The highest BCUT2D eigenvalue weighted by molar-refractivity contribution is 8.18. The normalized spacial score (nSPS) is 18.9. The van der Waals surface area contributed by atoms with E-state index in [4.69, 9.17) is 9.47 Å². The van der Waals surface area contributed by atoms with Crippen molar-refractivity contribution in [3.63, 3.8) is 0 Å². The molecule has 3 rings (SSSR count). The number of ether oxygens (including phenoxy) is 2. The van der Waals surface area contributed by atoms with E-state index in [-0.39, 0.29) is 17.4 Å². The van der Waals surface area contributed by atoms with Gasteiger partial charge < -0.3 is 14.4 Å². The Balaban J connectivity index is 1.68. The van der Waals surface area contributed by atoms with Crippen molar-refractivity contribution < 1.29 is 23.9 Å². The van der Waals surface area contributed by atoms with Crippen molar-refractivity contribution >= 4 is 34.9 Å². The van der Waals surface area contributed by atoms with Crippen LogP contribution in [0, 0.1) is 0 Å². The third-order valence-electron chi connectivity index (χ3n) is 4.05. The van der Waals surface area contributed by atoms with E-state index in [1.807, 2.05) is 6.07 Å². The van der Waals surface area contributed by atoms with Crippen molar-refractivity contribution in [1.82, 2.24) is 9.80 Å². The standard InChI is InChI=1S/C19H20N2O5S/c1-2-8-26-15-5-3-4-14(11-15)12-16-18(23)21(19(24)27-16)13-17(22)20-6-9-25-10-7-20/h2-5,11-12H,1,6-10,13H2/b16-12+. The van der Waals surface area contributed by atoms with E-state index in [1.165, 1.54) is 0 Å². The second-order valence-corrected chi connectivity index (χ2v) is 6.93. The van der Waals surface area contributed by atoms with Crippen molar-refractivity contribution in [3.8, 4) is 5.75 Å². The van der Waals surface area contributed by atoms with Crippen LogP contribution in [0.5, 0.6) is 5.75 Å². The maximum atomic E-state index is 12.6. The van der Waals surface area contributed by atoms with Crippen LogP contribution in [0.4, 0.5) is 4.79 Å². The molecule has 0 aliphatic carbocycles. The Kier molecular flexibility index (Phi) is 6.31. The number of hydrogen-bond donors (Lipinski definition) is 0. The average molecular weight is 388 g/mol. The van der Waals surface area contributed by atoms with Gasteiger partial charge in [0, 0.05) is 13.1 Å². The summed E-state index contributed by atoms with van der Waals surface area (Å²) >= 11 is 0.835. The summed E-state index contributed by atoms with van der Waals surface area (Å²) in [5.74, 6) is -0.0592. The Labute approximate surface area is 161 Å². The molecule has 27 heavy (non-hydrogen) atoms. The van der Waals surface area contributed by atoms with Gasteiger partial charge in [0.2, 0.25) is 5.91 Å². The minimum Gasteiger partial charge on any atom is -0.490 e. The fourth-order valence-corrected chi connectivity index (χ4v) is 3.52. The zero-order valence-electron chi connectivity index (χ0n) is 14.8. The summed E-state index contributed by atoms with van der Waals surface area (Å²) in [6, 6.07) is 7.19. The summed E-state index contributed by atoms with van der Waals surface area (Å²) in [7, 11) is 0. The monoisotopic (exact) mass is 388 g/mol. The van der Waals surface area contributed by atoms with Crippen LogP contribution >= 0.6 is 11.8 Å². The first-order chi connectivity index (χ1) is 13.1. The van der Waals surface area contributed by atoms with Crippen LogP contribution in [0.3, 0.4) is 0 Å². The minimum atomic E-state index is -0.455. The molecule has 0 atom stereocenters. The van der Waals surface area contributed by atoms with E-state index in [0.717, 1.165) is 22.2 Å². The number of benzene rings is 1. The lowest BCUT2D eigenvalue weighted by molar-refractivity contribution is -0.139. The topological polar surface area (TPSA) is 76.2 Å². The number of rotatable bonds is 6. The third-order valence-corrected chi connectivity index (χ3v) is 4.96. The van der Waals surface area contributed by atoms with E-state index in [2.05, 4.69) is 6.58 Å². The van der Waals surface area contributed by atoms with E-state index in [1.54, 1.807) is 35.3 Å². The molecule has 2 heterocycles. The van der Waals surface area contributed by atoms with Crippen molar-refractivity contribution in [2.75, 3.05) is 39.5 Å². The smallest absolute Gasteiger partial charge is 0.294 e. The quantitative estimate of drug-likeness (QED) is 0.549. The van der Waals surface area contributed by atoms with Crippen LogP contribution in [-0.2, 0) is 14.3 Å². The van der Waals surface area contributed by atoms with Crippen LogP contribution in [0.15, 0.2) is 41.8 Å². The molecule has 7 nitrogen and oxygen atoms in total. The zero-order chi connectivity index (χ0) is 19.2. The van der Waals surface area contributed by atoms with Gasteiger partial charge in [-0.05, 0) is 35.5 Å². The van der Waals surface area contributed by atoms with Gasteiger partial charge >= 0.3 is 0 Å². The number of morpholine rings is 1. The second-order valence-electron chi connectivity index (χ2n) is 5.93. The lowest BCUT2D eigenvalue weighted by atomic mass is 10.2. The molecular weight excluding hydrogens is 368 g/mol. The Morgan fingerprint density at radius 2 is 2.07 bits per heavy atom. The SMILES string of the molecule is C=CCOc1cccc(/C=C2/SC(=O)N(CC(=O)N3CCOCC3)C2=O)c1. The molecule has 0 saturated carbocycles. The molecule has 1 aromatic carbocycles. The summed E-state index contributed by atoms with van der Waals surface area (Å²) in [4.78, 5) is 40.0. The summed E-state index contributed by atoms with van der Waals surface area (Å²) in [6.45, 7) is 5.62. The number of carbonyl (C=O) groups is 3. The predicted octanol–water partition coefficient (Wildman–Crippen LogP) is 2.15. The molecule has 142 valence electrons. The highest BCUT2D eigenvalue weighted by Gasteiger charge is 2.37. The summed E-state index contributed by atoms with van der Waals surface area (Å²) in [5.41, 5.74) is 0.738. The molecule has 0 unspecified atom stereocenters. The van der Waals surface area contributed by atoms with Gasteiger partial charge in [0.25, 0.3) is 11.1 Å². The first kappa shape index (κ1) is 19.2. The maximum absolute atomic E-state index is 12.6. The maximum Gasteiger partial charge on any atom is 0.294 e. The molecule has 8 heteroatoms. The second kappa shape index (κ2) is 8.88. The van der Waals surface area contributed by atoms with E-state index < -0.39 is 11.1 Å². The van der Waals surface area contributed by atoms with Crippen LogP contribution in [0.25, 0.3) is 6.08 Å². The fourth-order valence-electron chi connectivity index (χ4n) is 2.68. The highest BCUT2D eigenvalue weighted by atomic mass is 32.2. The lowest BCUT2D eigenvalue weighted by Gasteiger charge is -2.28. The number of hydrogen-bond acceptors (Lipinski definition) is 6. The molecule has 3 amide bonds. The molecule has 2 aliphatic heterocycles. The van der Waals surface area contributed by atoms with Gasteiger partial charge in [-0.15, -0.1) is 0 Å². The van der Waals surface area contributed by atoms with Crippen molar-refractivity contribution in [1.29, 1.82) is 0 Å².